The highest BCUT2D eigenvalue weighted by atomic mass is 16.3. The maximum atomic E-state index is 13.2. The minimum atomic E-state index is -0.384. The Morgan fingerprint density at radius 1 is 0.513 bits per heavy atom. The third kappa shape index (κ3) is 10.0. The normalized spacial score (nSPS) is 14.0. The summed E-state index contributed by atoms with van der Waals surface area (Å²) in [5.41, 5.74) is 20.6. The van der Waals surface area contributed by atoms with Crippen LogP contribution in [0.25, 0.3) is 56.2 Å². The molecule has 6 aromatic carbocycles. The SMILES string of the molecule is CC(C)c1cccc(C(C)C)c1B1c2c(nc(-c3cc(C(C)(C)C)cc(C(C)(C)C)c3O)n2-c2ccc(C(C)(C)C)cc2-c2ccccc2)C(c2cc(-c3cc(-c4ccccc4)ccn3)cc(C(C)(C)C)c2)=C2C=CC=CN12. The summed E-state index contributed by atoms with van der Waals surface area (Å²) in [6.45, 7) is 36.1. The van der Waals surface area contributed by atoms with Crippen molar-refractivity contribution in [2.45, 2.75) is 144 Å². The third-order valence-electron chi connectivity index (χ3n) is 16.0. The maximum absolute atomic E-state index is 13.2. The summed E-state index contributed by atoms with van der Waals surface area (Å²) >= 11 is 0. The van der Waals surface area contributed by atoms with Crippen LogP contribution in [-0.2, 0) is 21.7 Å². The molecule has 10 rings (SSSR count). The van der Waals surface area contributed by atoms with Crippen molar-refractivity contribution in [2.24, 2.45) is 0 Å². The predicted molar refractivity (Wildman–Crippen MR) is 332 cm³/mol. The van der Waals surface area contributed by atoms with Crippen LogP contribution >= 0.6 is 0 Å². The van der Waals surface area contributed by atoms with E-state index in [1.165, 1.54) is 27.7 Å². The van der Waals surface area contributed by atoms with Gasteiger partial charge in [-0.05, 0) is 150 Å². The molecule has 0 fully saturated rings. The molecule has 4 heterocycles. The zero-order chi connectivity index (χ0) is 55.8. The van der Waals surface area contributed by atoms with Crippen molar-refractivity contribution < 1.29 is 5.11 Å². The first-order chi connectivity index (χ1) is 36.8. The van der Waals surface area contributed by atoms with Gasteiger partial charge in [0.1, 0.15) is 11.6 Å². The lowest BCUT2D eigenvalue weighted by Crippen LogP contribution is -2.61. The Hall–Kier alpha value is -7.44. The van der Waals surface area contributed by atoms with Gasteiger partial charge < -0.3 is 14.5 Å². The van der Waals surface area contributed by atoms with Gasteiger partial charge in [-0.3, -0.25) is 4.98 Å². The zero-order valence-corrected chi connectivity index (χ0v) is 49.1. The Kier molecular flexibility index (Phi) is 13.9. The molecular weight excluding hydrogens is 948 g/mol. The second kappa shape index (κ2) is 20.1. The number of aromatic nitrogens is 3. The Bertz CT molecular complexity index is 3650. The van der Waals surface area contributed by atoms with Gasteiger partial charge in [0.25, 0.3) is 0 Å². The smallest absolute Gasteiger partial charge is 0.349 e. The van der Waals surface area contributed by atoms with Gasteiger partial charge in [0.05, 0.1) is 22.6 Å². The lowest BCUT2D eigenvalue weighted by Gasteiger charge is -2.40. The summed E-state index contributed by atoms with van der Waals surface area (Å²) in [4.78, 5) is 13.8. The van der Waals surface area contributed by atoms with E-state index in [2.05, 4.69) is 284 Å². The monoisotopic (exact) mass is 1030 g/mol. The Balaban J connectivity index is 1.43. The first-order valence-electron chi connectivity index (χ1n) is 28.2. The van der Waals surface area contributed by atoms with Crippen LogP contribution in [0.5, 0.6) is 5.75 Å². The van der Waals surface area contributed by atoms with Gasteiger partial charge in [0.2, 0.25) is 0 Å². The molecule has 0 aliphatic carbocycles. The number of phenols is 1. The van der Waals surface area contributed by atoms with Gasteiger partial charge in [0.15, 0.2) is 0 Å². The number of rotatable bonds is 9. The molecule has 0 amide bonds. The fraction of sp³-hybridized carbons (Fsp3) is 0.306. The standard InChI is InChI=1S/C72H79BN4O/c1-45(2)55-30-25-31-56(46(3)4)64(55)73-67-65(63(62-32-23-24-37-76(62)73)51-38-50(39-53(40-51)70(8,9)10)60-41-49(35-36-74-60)47-26-19-17-20-27-47)75-68(58-43-54(71(11,12)13)44-59(66(58)78)72(14,15)16)77(67)61-34-33-52(69(5,6)7)42-57(61)48-28-21-18-22-29-48/h17-46,78H,1-16H3. The van der Waals surface area contributed by atoms with Gasteiger partial charge in [-0.1, -0.05) is 214 Å². The van der Waals surface area contributed by atoms with E-state index in [1.807, 2.05) is 6.20 Å². The van der Waals surface area contributed by atoms with E-state index in [0.29, 0.717) is 11.4 Å². The van der Waals surface area contributed by atoms with E-state index in [-0.39, 0.29) is 46.1 Å². The number of benzene rings is 6. The topological polar surface area (TPSA) is 54.2 Å². The fourth-order valence-electron chi connectivity index (χ4n) is 11.5. The lowest BCUT2D eigenvalue weighted by molar-refractivity contribution is 0.446. The summed E-state index contributed by atoms with van der Waals surface area (Å²) in [7, 11) is 0. The molecule has 78 heavy (non-hydrogen) atoms. The highest BCUT2D eigenvalue weighted by molar-refractivity contribution is 6.85. The van der Waals surface area contributed by atoms with Crippen LogP contribution in [-0.4, -0.2) is 31.3 Å². The lowest BCUT2D eigenvalue weighted by atomic mass is 9.45. The first kappa shape index (κ1) is 53.9. The number of hydrogen-bond donors (Lipinski definition) is 1. The van der Waals surface area contributed by atoms with Crippen molar-refractivity contribution >= 4 is 23.5 Å². The third-order valence-corrected chi connectivity index (χ3v) is 16.0. The van der Waals surface area contributed by atoms with Crippen molar-refractivity contribution in [3.8, 4) is 56.3 Å². The zero-order valence-electron chi connectivity index (χ0n) is 49.1. The van der Waals surface area contributed by atoms with Crippen LogP contribution in [0.4, 0.5) is 0 Å². The van der Waals surface area contributed by atoms with E-state index >= 15 is 0 Å². The van der Waals surface area contributed by atoms with E-state index in [9.17, 15) is 5.11 Å². The van der Waals surface area contributed by atoms with Crippen LogP contribution in [0.3, 0.4) is 0 Å². The molecule has 6 heteroatoms. The number of phenolic OH excluding ortho intramolecular Hbond substituents is 1. The van der Waals surface area contributed by atoms with Gasteiger partial charge in [-0.15, -0.1) is 0 Å². The molecule has 0 atom stereocenters. The maximum Gasteiger partial charge on any atom is 0.349 e. The fourth-order valence-corrected chi connectivity index (χ4v) is 11.5. The molecule has 2 aliphatic heterocycles. The Labute approximate surface area is 466 Å². The van der Waals surface area contributed by atoms with Gasteiger partial charge in [-0.25, -0.2) is 4.98 Å². The minimum absolute atomic E-state index is 0.133. The minimum Gasteiger partial charge on any atom is -0.507 e. The van der Waals surface area contributed by atoms with E-state index in [0.717, 1.165) is 78.4 Å². The molecule has 0 unspecified atom stereocenters. The van der Waals surface area contributed by atoms with Gasteiger partial charge in [0, 0.05) is 39.8 Å². The molecule has 0 spiro atoms. The number of aromatic hydroxyl groups is 1. The quantitative estimate of drug-likeness (QED) is 0.146. The van der Waals surface area contributed by atoms with Gasteiger partial charge >= 0.3 is 6.85 Å². The Morgan fingerprint density at radius 2 is 1.10 bits per heavy atom. The summed E-state index contributed by atoms with van der Waals surface area (Å²) in [6, 6.07) is 51.2. The first-order valence-corrected chi connectivity index (χ1v) is 28.2. The average Bonchev–Trinajstić information content (AvgIpc) is 3.81. The molecule has 8 aromatic rings. The summed E-state index contributed by atoms with van der Waals surface area (Å²) < 4.78 is 2.46. The summed E-state index contributed by atoms with van der Waals surface area (Å²) in [5, 5.41) is 13.2. The van der Waals surface area contributed by atoms with Crippen LogP contribution < -0.4 is 11.1 Å². The molecule has 2 aliphatic rings. The van der Waals surface area contributed by atoms with Crippen molar-refractivity contribution in [1.82, 2.24) is 19.3 Å². The van der Waals surface area contributed by atoms with E-state index in [4.69, 9.17) is 9.97 Å². The predicted octanol–water partition coefficient (Wildman–Crippen LogP) is 17.3. The van der Waals surface area contributed by atoms with Crippen molar-refractivity contribution in [1.29, 1.82) is 0 Å². The largest absolute Gasteiger partial charge is 0.507 e. The molecule has 0 saturated heterocycles. The molecule has 0 bridgehead atoms. The van der Waals surface area contributed by atoms with Gasteiger partial charge in [-0.2, -0.15) is 0 Å². The van der Waals surface area contributed by atoms with E-state index < -0.39 is 0 Å². The summed E-state index contributed by atoms with van der Waals surface area (Å²) in [5.74, 6) is 1.38. The van der Waals surface area contributed by atoms with Crippen LogP contribution in [0, 0.1) is 0 Å². The van der Waals surface area contributed by atoms with E-state index in [1.54, 1.807) is 0 Å². The number of hydrogen-bond acceptors (Lipinski definition) is 4. The Morgan fingerprint density at radius 3 is 1.71 bits per heavy atom. The number of nitrogens with zero attached hydrogens (tertiary/aromatic N) is 4. The van der Waals surface area contributed by atoms with Crippen LogP contribution in [0.15, 0.2) is 176 Å². The molecular formula is C72H79BN4O. The molecule has 2 aromatic heterocycles. The highest BCUT2D eigenvalue weighted by Crippen LogP contribution is 2.47. The number of pyridine rings is 1. The molecule has 396 valence electrons. The average molecular weight is 1030 g/mol. The van der Waals surface area contributed by atoms with Crippen LogP contribution in [0.2, 0.25) is 0 Å². The second-order valence-electron chi connectivity index (χ2n) is 26.5. The van der Waals surface area contributed by atoms with Crippen molar-refractivity contribution in [3.05, 3.63) is 220 Å². The molecule has 1 N–H and O–H groups in total. The molecule has 0 radical (unpaired) electrons. The van der Waals surface area contributed by atoms with Crippen molar-refractivity contribution in [3.63, 3.8) is 0 Å². The number of fused-ring (bicyclic) bond motifs is 2. The highest BCUT2D eigenvalue weighted by Gasteiger charge is 2.46. The number of imidazole rings is 1. The van der Waals surface area contributed by atoms with Crippen molar-refractivity contribution in [2.75, 3.05) is 0 Å². The molecule has 5 nitrogen and oxygen atoms in total. The second-order valence-corrected chi connectivity index (χ2v) is 26.5. The van der Waals surface area contributed by atoms with Crippen LogP contribution in [0.1, 0.15) is 167 Å². The summed E-state index contributed by atoms with van der Waals surface area (Å²) in [6.07, 6.45) is 10.9. The molecule has 0 saturated carbocycles. The number of allylic oxidation sites excluding steroid dienone is 3.